The molecule has 4 rings (SSSR count). The van der Waals surface area contributed by atoms with Crippen molar-refractivity contribution < 1.29 is 22.4 Å². The molecule has 3 aromatic heterocycles. The molecule has 4 aromatic rings. The lowest BCUT2D eigenvalue weighted by Gasteiger charge is -2.12. The zero-order valence-electron chi connectivity index (χ0n) is 18.1. The third kappa shape index (κ3) is 5.31. The number of fused-ring (bicyclic) bond motifs is 1. The van der Waals surface area contributed by atoms with Crippen molar-refractivity contribution in [2.24, 2.45) is 0 Å². The molecular weight excluding hydrogens is 523 g/mol. The smallest absolute Gasteiger partial charge is 0.417 e. The van der Waals surface area contributed by atoms with Gasteiger partial charge in [0.25, 0.3) is 5.56 Å². The number of thioether (sulfide) groups is 1. The maximum atomic E-state index is 13.3. The van der Waals surface area contributed by atoms with E-state index in [-0.39, 0.29) is 28.7 Å². The summed E-state index contributed by atoms with van der Waals surface area (Å²) in [6.07, 6.45) is -3.12. The van der Waals surface area contributed by atoms with Crippen molar-refractivity contribution in [3.8, 4) is 11.3 Å². The minimum Gasteiger partial charge on any atom is -0.461 e. The number of amides is 1. The molecule has 3 heterocycles. The Labute approximate surface area is 210 Å². The molecule has 0 aliphatic carbocycles. The Hall–Kier alpha value is -3.02. The first-order chi connectivity index (χ1) is 16.6. The number of aromatic nitrogens is 2. The van der Waals surface area contributed by atoms with Gasteiger partial charge in [-0.15, -0.1) is 17.9 Å². The monoisotopic (exact) mass is 539 g/mol. The van der Waals surface area contributed by atoms with Crippen LogP contribution in [0.1, 0.15) is 11.3 Å². The molecule has 0 bridgehead atoms. The lowest BCUT2D eigenvalue weighted by molar-refractivity contribution is -0.137. The first kappa shape index (κ1) is 25.1. The summed E-state index contributed by atoms with van der Waals surface area (Å²) >= 11 is 7.88. The van der Waals surface area contributed by atoms with Gasteiger partial charge in [-0.3, -0.25) is 14.2 Å². The number of rotatable bonds is 7. The Morgan fingerprint density at radius 3 is 2.77 bits per heavy atom. The van der Waals surface area contributed by atoms with Crippen LogP contribution >= 0.6 is 34.7 Å². The van der Waals surface area contributed by atoms with E-state index in [0.717, 1.165) is 23.9 Å². The van der Waals surface area contributed by atoms with Crippen molar-refractivity contribution in [3.05, 3.63) is 75.1 Å². The van der Waals surface area contributed by atoms with Crippen LogP contribution in [0.15, 0.2) is 62.7 Å². The van der Waals surface area contributed by atoms with E-state index in [1.807, 2.05) is 0 Å². The molecule has 0 saturated carbocycles. The van der Waals surface area contributed by atoms with Gasteiger partial charge in [-0.25, -0.2) is 4.98 Å². The highest BCUT2D eigenvalue weighted by Crippen LogP contribution is 2.36. The number of nitrogens with zero attached hydrogens (tertiary/aromatic N) is 2. The van der Waals surface area contributed by atoms with Gasteiger partial charge < -0.3 is 9.73 Å². The Morgan fingerprint density at radius 1 is 1.34 bits per heavy atom. The van der Waals surface area contributed by atoms with Crippen molar-refractivity contribution in [3.63, 3.8) is 0 Å². The van der Waals surface area contributed by atoms with Crippen LogP contribution in [0.3, 0.4) is 0 Å². The van der Waals surface area contributed by atoms with Gasteiger partial charge in [-0.2, -0.15) is 13.2 Å². The van der Waals surface area contributed by atoms with Gasteiger partial charge in [0.15, 0.2) is 5.16 Å². The van der Waals surface area contributed by atoms with E-state index >= 15 is 0 Å². The van der Waals surface area contributed by atoms with Crippen molar-refractivity contribution in [2.75, 3.05) is 11.1 Å². The van der Waals surface area contributed by atoms with Crippen LogP contribution < -0.4 is 10.9 Å². The second kappa shape index (κ2) is 9.92. The van der Waals surface area contributed by atoms with Crippen molar-refractivity contribution >= 4 is 56.5 Å². The van der Waals surface area contributed by atoms with E-state index in [1.165, 1.54) is 28.0 Å². The zero-order chi connectivity index (χ0) is 25.3. The average Bonchev–Trinajstić information content (AvgIpc) is 3.41. The number of halogens is 4. The molecule has 0 saturated heterocycles. The summed E-state index contributed by atoms with van der Waals surface area (Å²) in [5, 5.41) is 4.43. The Bertz CT molecular complexity index is 1490. The van der Waals surface area contributed by atoms with E-state index in [2.05, 4.69) is 16.9 Å². The standard InChI is InChI=1S/C23H17ClF3N3O3S2/c1-3-8-30-21(32)19-14(17-7-4-12(2)33-17)10-34-20(19)29-22(30)35-11-18(31)28-13-5-6-16(24)15(9-13)23(25,26)27/h3-7,9-10H,1,8,11H2,2H3,(H,28,31). The summed E-state index contributed by atoms with van der Waals surface area (Å²) in [5.74, 6) is 0.510. The quantitative estimate of drug-likeness (QED) is 0.162. The fourth-order valence-electron chi connectivity index (χ4n) is 3.31. The second-order valence-electron chi connectivity index (χ2n) is 7.37. The molecule has 12 heteroatoms. The molecule has 182 valence electrons. The summed E-state index contributed by atoms with van der Waals surface area (Å²) in [5.41, 5.74) is -0.769. The van der Waals surface area contributed by atoms with Gasteiger partial charge in [-0.1, -0.05) is 29.4 Å². The molecule has 0 fully saturated rings. The second-order valence-corrected chi connectivity index (χ2v) is 9.58. The summed E-state index contributed by atoms with van der Waals surface area (Å²) in [6, 6.07) is 6.70. The zero-order valence-corrected chi connectivity index (χ0v) is 20.5. The number of anilines is 1. The predicted octanol–water partition coefficient (Wildman–Crippen LogP) is 6.62. The van der Waals surface area contributed by atoms with Crippen LogP contribution in [0.25, 0.3) is 21.5 Å². The van der Waals surface area contributed by atoms with Crippen LogP contribution in [-0.4, -0.2) is 21.2 Å². The molecule has 6 nitrogen and oxygen atoms in total. The number of benzene rings is 1. The van der Waals surface area contributed by atoms with Gasteiger partial charge >= 0.3 is 6.18 Å². The molecule has 1 amide bonds. The number of aryl methyl sites for hydroxylation is 1. The van der Waals surface area contributed by atoms with Crippen LogP contribution in [-0.2, 0) is 17.5 Å². The molecule has 0 aliphatic rings. The summed E-state index contributed by atoms with van der Waals surface area (Å²) in [6.45, 7) is 5.64. The topological polar surface area (TPSA) is 77.1 Å². The number of alkyl halides is 3. The van der Waals surface area contributed by atoms with Gasteiger partial charge in [0.1, 0.15) is 16.4 Å². The molecule has 1 N–H and O–H groups in total. The van der Waals surface area contributed by atoms with Crippen LogP contribution in [0, 0.1) is 6.92 Å². The highest BCUT2D eigenvalue weighted by molar-refractivity contribution is 7.99. The first-order valence-electron chi connectivity index (χ1n) is 10.1. The maximum Gasteiger partial charge on any atom is 0.417 e. The Balaban J connectivity index is 1.59. The van der Waals surface area contributed by atoms with Crippen LogP contribution in [0.4, 0.5) is 18.9 Å². The maximum absolute atomic E-state index is 13.3. The molecule has 0 radical (unpaired) electrons. The average molecular weight is 540 g/mol. The van der Waals surface area contributed by atoms with E-state index in [1.54, 1.807) is 24.4 Å². The highest BCUT2D eigenvalue weighted by atomic mass is 35.5. The van der Waals surface area contributed by atoms with Crippen molar-refractivity contribution in [1.29, 1.82) is 0 Å². The third-order valence-corrected chi connectivity index (χ3v) is 7.04. The molecule has 0 unspecified atom stereocenters. The molecule has 35 heavy (non-hydrogen) atoms. The number of hydrogen-bond donors (Lipinski definition) is 1. The SMILES string of the molecule is C=CCn1c(SCC(=O)Nc2ccc(Cl)c(C(F)(F)F)c2)nc2scc(-c3ccc(C)o3)c2c1=O. The number of carbonyl (C=O) groups excluding carboxylic acids is 1. The van der Waals surface area contributed by atoms with Gasteiger partial charge in [0, 0.05) is 23.2 Å². The Kier molecular flexibility index (Phi) is 7.11. The number of nitrogens with one attached hydrogen (secondary N) is 1. The molecule has 0 spiro atoms. The normalized spacial score (nSPS) is 11.7. The van der Waals surface area contributed by atoms with E-state index in [9.17, 15) is 22.8 Å². The van der Waals surface area contributed by atoms with E-state index < -0.39 is 22.7 Å². The summed E-state index contributed by atoms with van der Waals surface area (Å²) < 4.78 is 46.3. The summed E-state index contributed by atoms with van der Waals surface area (Å²) in [7, 11) is 0. The fraction of sp³-hybridized carbons (Fsp3) is 0.174. The predicted molar refractivity (Wildman–Crippen MR) is 132 cm³/mol. The van der Waals surface area contributed by atoms with E-state index in [0.29, 0.717) is 27.3 Å². The van der Waals surface area contributed by atoms with Crippen molar-refractivity contribution in [1.82, 2.24) is 9.55 Å². The summed E-state index contributed by atoms with van der Waals surface area (Å²) in [4.78, 5) is 30.8. The molecule has 0 atom stereocenters. The van der Waals surface area contributed by atoms with Crippen molar-refractivity contribution in [2.45, 2.75) is 24.8 Å². The molecule has 1 aromatic carbocycles. The third-order valence-electron chi connectivity index (χ3n) is 4.86. The molecular formula is C23H17ClF3N3O3S2. The lowest BCUT2D eigenvalue weighted by atomic mass is 10.2. The minimum absolute atomic E-state index is 0.0455. The number of thiophene rings is 1. The molecule has 0 aliphatic heterocycles. The van der Waals surface area contributed by atoms with Crippen LogP contribution in [0.2, 0.25) is 5.02 Å². The highest BCUT2D eigenvalue weighted by Gasteiger charge is 2.33. The van der Waals surface area contributed by atoms with Gasteiger partial charge in [-0.05, 0) is 37.3 Å². The number of carbonyl (C=O) groups is 1. The largest absolute Gasteiger partial charge is 0.461 e. The number of allylic oxidation sites excluding steroid dienone is 1. The minimum atomic E-state index is -4.65. The van der Waals surface area contributed by atoms with Gasteiger partial charge in [0.05, 0.1) is 21.7 Å². The van der Waals surface area contributed by atoms with Gasteiger partial charge in [0.2, 0.25) is 5.91 Å². The van der Waals surface area contributed by atoms with E-state index in [4.69, 9.17) is 16.0 Å². The van der Waals surface area contributed by atoms with Crippen LogP contribution in [0.5, 0.6) is 0 Å². The fourth-order valence-corrected chi connectivity index (χ4v) is 5.32. The number of furan rings is 1. The first-order valence-corrected chi connectivity index (χ1v) is 12.3. The number of hydrogen-bond acceptors (Lipinski definition) is 6. The Morgan fingerprint density at radius 2 is 2.11 bits per heavy atom. The lowest BCUT2D eigenvalue weighted by Crippen LogP contribution is -2.23.